The van der Waals surface area contributed by atoms with Crippen molar-refractivity contribution in [1.82, 2.24) is 5.32 Å². The van der Waals surface area contributed by atoms with E-state index in [4.69, 9.17) is 0 Å². The van der Waals surface area contributed by atoms with Gasteiger partial charge >= 0.3 is 0 Å². The highest BCUT2D eigenvalue weighted by Gasteiger charge is 2.20. The van der Waals surface area contributed by atoms with Crippen LogP contribution in [0.4, 0.5) is 4.39 Å². The first-order valence-corrected chi connectivity index (χ1v) is 3.16. The van der Waals surface area contributed by atoms with Gasteiger partial charge in [-0.2, -0.15) is 0 Å². The van der Waals surface area contributed by atoms with Crippen LogP contribution in [0, 0.1) is 0 Å². The minimum atomic E-state index is -0.822. The average Bonchev–Trinajstić information content (AvgIpc) is 2.37. The number of ketones is 1. The van der Waals surface area contributed by atoms with Crippen LogP contribution < -0.4 is 5.32 Å². The highest BCUT2D eigenvalue weighted by atomic mass is 19.1. The van der Waals surface area contributed by atoms with Gasteiger partial charge in [0.05, 0.1) is 6.04 Å². The molecule has 1 aliphatic rings. The largest absolute Gasteiger partial charge is 0.307 e. The van der Waals surface area contributed by atoms with Gasteiger partial charge in [0, 0.05) is 0 Å². The Morgan fingerprint density at radius 2 is 2.56 bits per heavy atom. The van der Waals surface area contributed by atoms with E-state index in [9.17, 15) is 9.18 Å². The second kappa shape index (κ2) is 2.92. The van der Waals surface area contributed by atoms with Gasteiger partial charge in [-0.15, -0.1) is 0 Å². The van der Waals surface area contributed by atoms with Crippen LogP contribution in [-0.4, -0.2) is 25.0 Å². The number of nitrogens with one attached hydrogen (secondary N) is 1. The maximum Gasteiger partial charge on any atom is 0.180 e. The maximum absolute atomic E-state index is 11.6. The quantitative estimate of drug-likeness (QED) is 0.583. The number of carbonyl (C=O) groups excluding carboxylic acids is 1. The SMILES string of the molecule is O=C(CF)C1CCCN1. The van der Waals surface area contributed by atoms with Gasteiger partial charge in [-0.3, -0.25) is 4.79 Å². The zero-order valence-electron chi connectivity index (χ0n) is 5.19. The summed E-state index contributed by atoms with van der Waals surface area (Å²) in [7, 11) is 0. The van der Waals surface area contributed by atoms with Gasteiger partial charge in [-0.1, -0.05) is 0 Å². The molecule has 0 saturated carbocycles. The first-order valence-electron chi connectivity index (χ1n) is 3.16. The summed E-state index contributed by atoms with van der Waals surface area (Å²) in [6, 6.07) is -0.185. The third kappa shape index (κ3) is 1.48. The van der Waals surface area contributed by atoms with Crippen LogP contribution in [0.2, 0.25) is 0 Å². The standard InChI is InChI=1S/C6H10FNO/c7-4-6(9)5-2-1-3-8-5/h5,8H,1-4H2. The van der Waals surface area contributed by atoms with Crippen LogP contribution in [0.1, 0.15) is 12.8 Å². The van der Waals surface area contributed by atoms with Crippen molar-refractivity contribution >= 4 is 5.78 Å². The number of hydrogen-bond donors (Lipinski definition) is 1. The van der Waals surface area contributed by atoms with Crippen LogP contribution in [0.15, 0.2) is 0 Å². The summed E-state index contributed by atoms with van der Waals surface area (Å²) in [4.78, 5) is 10.6. The normalized spacial score (nSPS) is 26.6. The van der Waals surface area contributed by atoms with E-state index in [0.29, 0.717) is 0 Å². The molecule has 2 nitrogen and oxygen atoms in total. The molecule has 9 heavy (non-hydrogen) atoms. The Morgan fingerprint density at radius 3 is 3.00 bits per heavy atom. The van der Waals surface area contributed by atoms with E-state index in [2.05, 4.69) is 5.32 Å². The molecule has 1 heterocycles. The molecule has 1 N–H and O–H groups in total. The van der Waals surface area contributed by atoms with E-state index in [0.717, 1.165) is 19.4 Å². The molecule has 0 amide bonds. The van der Waals surface area contributed by atoms with E-state index in [1.54, 1.807) is 0 Å². The summed E-state index contributed by atoms with van der Waals surface area (Å²) >= 11 is 0. The topological polar surface area (TPSA) is 29.1 Å². The number of hydrogen-bond acceptors (Lipinski definition) is 2. The molecule has 1 saturated heterocycles. The minimum Gasteiger partial charge on any atom is -0.307 e. The molecule has 1 unspecified atom stereocenters. The van der Waals surface area contributed by atoms with Crippen molar-refractivity contribution in [2.75, 3.05) is 13.2 Å². The zero-order chi connectivity index (χ0) is 6.69. The molecule has 1 rings (SSSR count). The van der Waals surface area contributed by atoms with Crippen molar-refractivity contribution in [3.8, 4) is 0 Å². The first kappa shape index (κ1) is 6.68. The molecule has 0 aliphatic carbocycles. The van der Waals surface area contributed by atoms with Gasteiger partial charge in [0.25, 0.3) is 0 Å². The number of carbonyl (C=O) groups is 1. The Balaban J connectivity index is 2.32. The molecular weight excluding hydrogens is 121 g/mol. The average molecular weight is 131 g/mol. The molecule has 1 fully saturated rings. The molecule has 1 aliphatic heterocycles. The molecular formula is C6H10FNO. The van der Waals surface area contributed by atoms with Gasteiger partial charge in [0.1, 0.15) is 6.67 Å². The maximum atomic E-state index is 11.6. The molecule has 0 bridgehead atoms. The van der Waals surface area contributed by atoms with E-state index in [1.165, 1.54) is 0 Å². The van der Waals surface area contributed by atoms with Crippen molar-refractivity contribution < 1.29 is 9.18 Å². The summed E-state index contributed by atoms with van der Waals surface area (Å²) in [6.07, 6.45) is 1.80. The van der Waals surface area contributed by atoms with E-state index >= 15 is 0 Å². The lowest BCUT2D eigenvalue weighted by molar-refractivity contribution is -0.121. The number of halogens is 1. The number of alkyl halides is 1. The lowest BCUT2D eigenvalue weighted by Crippen LogP contribution is -2.31. The van der Waals surface area contributed by atoms with Crippen molar-refractivity contribution in [2.24, 2.45) is 0 Å². The zero-order valence-corrected chi connectivity index (χ0v) is 5.19. The molecule has 0 aromatic carbocycles. The Hall–Kier alpha value is -0.440. The van der Waals surface area contributed by atoms with Crippen LogP contribution in [0.3, 0.4) is 0 Å². The van der Waals surface area contributed by atoms with E-state index in [1.807, 2.05) is 0 Å². The van der Waals surface area contributed by atoms with Gasteiger partial charge in [0.15, 0.2) is 5.78 Å². The molecule has 1 atom stereocenters. The summed E-state index contributed by atoms with van der Waals surface area (Å²) in [5.74, 6) is -0.299. The predicted molar refractivity (Wildman–Crippen MR) is 32.0 cm³/mol. The van der Waals surface area contributed by atoms with Crippen LogP contribution in [-0.2, 0) is 4.79 Å². The third-order valence-electron chi connectivity index (χ3n) is 1.58. The first-order chi connectivity index (χ1) is 4.34. The summed E-state index contributed by atoms with van der Waals surface area (Å²) < 4.78 is 11.6. The molecule has 0 aromatic rings. The summed E-state index contributed by atoms with van der Waals surface area (Å²) in [5, 5.41) is 2.92. The molecule has 0 radical (unpaired) electrons. The summed E-state index contributed by atoms with van der Waals surface area (Å²) in [6.45, 7) is 0.0358. The van der Waals surface area contributed by atoms with Crippen molar-refractivity contribution in [2.45, 2.75) is 18.9 Å². The molecule has 3 heteroatoms. The monoisotopic (exact) mass is 131 g/mol. The Bertz CT molecular complexity index is 110. The lowest BCUT2D eigenvalue weighted by atomic mass is 10.1. The molecule has 52 valence electrons. The minimum absolute atomic E-state index is 0.185. The van der Waals surface area contributed by atoms with E-state index in [-0.39, 0.29) is 11.8 Å². The summed E-state index contributed by atoms with van der Waals surface area (Å²) in [5.41, 5.74) is 0. The Labute approximate surface area is 53.4 Å². The third-order valence-corrected chi connectivity index (χ3v) is 1.58. The highest BCUT2D eigenvalue weighted by molar-refractivity contribution is 5.85. The number of rotatable bonds is 2. The number of Topliss-reactive ketones (excluding diaryl/α,β-unsaturated/α-hetero) is 1. The van der Waals surface area contributed by atoms with E-state index < -0.39 is 6.67 Å². The highest BCUT2D eigenvalue weighted by Crippen LogP contribution is 2.05. The lowest BCUT2D eigenvalue weighted by Gasteiger charge is -2.03. The fourth-order valence-electron chi connectivity index (χ4n) is 1.05. The van der Waals surface area contributed by atoms with Crippen molar-refractivity contribution in [3.63, 3.8) is 0 Å². The van der Waals surface area contributed by atoms with Gasteiger partial charge in [-0.05, 0) is 19.4 Å². The molecule has 0 aromatic heterocycles. The predicted octanol–water partition coefficient (Wildman–Crippen LogP) is 0.277. The fourth-order valence-corrected chi connectivity index (χ4v) is 1.05. The van der Waals surface area contributed by atoms with Crippen LogP contribution in [0.25, 0.3) is 0 Å². The Morgan fingerprint density at radius 1 is 1.78 bits per heavy atom. The van der Waals surface area contributed by atoms with Gasteiger partial charge in [-0.25, -0.2) is 4.39 Å². The fraction of sp³-hybridized carbons (Fsp3) is 0.833. The van der Waals surface area contributed by atoms with Crippen molar-refractivity contribution in [1.29, 1.82) is 0 Å². The molecule has 0 spiro atoms. The van der Waals surface area contributed by atoms with Crippen molar-refractivity contribution in [3.05, 3.63) is 0 Å². The Kier molecular flexibility index (Phi) is 2.16. The second-order valence-electron chi connectivity index (χ2n) is 2.25. The van der Waals surface area contributed by atoms with Crippen LogP contribution >= 0.6 is 0 Å². The van der Waals surface area contributed by atoms with Crippen LogP contribution in [0.5, 0.6) is 0 Å². The second-order valence-corrected chi connectivity index (χ2v) is 2.25. The van der Waals surface area contributed by atoms with Gasteiger partial charge in [0.2, 0.25) is 0 Å². The smallest absolute Gasteiger partial charge is 0.180 e. The van der Waals surface area contributed by atoms with Gasteiger partial charge < -0.3 is 5.32 Å².